The predicted octanol–water partition coefficient (Wildman–Crippen LogP) is 2.76. The van der Waals surface area contributed by atoms with Gasteiger partial charge in [0.2, 0.25) is 5.91 Å². The summed E-state index contributed by atoms with van der Waals surface area (Å²) in [6.07, 6.45) is 11.1. The Kier molecular flexibility index (Phi) is 3.82. The minimum absolute atomic E-state index is 0.0690. The zero-order chi connectivity index (χ0) is 13.2. The molecule has 1 atom stereocenters. The van der Waals surface area contributed by atoms with Gasteiger partial charge in [0.05, 0.1) is 5.25 Å². The third kappa shape index (κ3) is 3.14. The normalized spacial score (nSPS) is 21.5. The van der Waals surface area contributed by atoms with Gasteiger partial charge in [0.1, 0.15) is 0 Å². The lowest BCUT2D eigenvalue weighted by molar-refractivity contribution is -0.120. The number of nitrogens with zero attached hydrogens (tertiary/aromatic N) is 2. The number of carbonyl (C=O) groups is 1. The Morgan fingerprint density at radius 1 is 1.42 bits per heavy atom. The Hall–Kier alpha value is -0.970. The van der Waals surface area contributed by atoms with Gasteiger partial charge in [0, 0.05) is 24.5 Å². The summed E-state index contributed by atoms with van der Waals surface area (Å²) in [6.45, 7) is 1.97. The zero-order valence-electron chi connectivity index (χ0n) is 11.3. The highest BCUT2D eigenvalue weighted by Crippen LogP contribution is 2.38. The van der Waals surface area contributed by atoms with E-state index in [-0.39, 0.29) is 11.2 Å². The topological polar surface area (TPSA) is 46.9 Å². The highest BCUT2D eigenvalue weighted by molar-refractivity contribution is 8.00. The van der Waals surface area contributed by atoms with Crippen LogP contribution in [0.2, 0.25) is 0 Å². The van der Waals surface area contributed by atoms with E-state index in [1.807, 2.05) is 19.3 Å². The standard InChI is InChI=1S/C14H21N3OS/c1-10(13(18)16-11-4-2-3-5-11)19-14-15-8-9-17(14)12-6-7-12/h8-12H,2-7H2,1H3,(H,16,18). The van der Waals surface area contributed by atoms with Crippen LogP contribution in [0.25, 0.3) is 0 Å². The maximum Gasteiger partial charge on any atom is 0.233 e. The first-order chi connectivity index (χ1) is 9.24. The number of aromatic nitrogens is 2. The van der Waals surface area contributed by atoms with Gasteiger partial charge in [-0.25, -0.2) is 4.98 Å². The zero-order valence-corrected chi connectivity index (χ0v) is 12.2. The fourth-order valence-corrected chi connectivity index (χ4v) is 3.57. The summed E-state index contributed by atoms with van der Waals surface area (Å²) in [5.41, 5.74) is 0. The molecule has 1 heterocycles. The van der Waals surface area contributed by atoms with Crippen LogP contribution in [0, 0.1) is 0 Å². The monoisotopic (exact) mass is 279 g/mol. The number of hydrogen-bond donors (Lipinski definition) is 1. The third-order valence-electron chi connectivity index (χ3n) is 3.93. The summed E-state index contributed by atoms with van der Waals surface area (Å²) in [7, 11) is 0. The number of hydrogen-bond acceptors (Lipinski definition) is 3. The van der Waals surface area contributed by atoms with Crippen molar-refractivity contribution in [3.63, 3.8) is 0 Å². The second kappa shape index (κ2) is 5.57. The lowest BCUT2D eigenvalue weighted by Crippen LogP contribution is -2.37. The molecule has 3 rings (SSSR count). The SMILES string of the molecule is CC(Sc1nccn1C1CC1)C(=O)NC1CCCC1. The van der Waals surface area contributed by atoms with E-state index in [2.05, 4.69) is 14.9 Å². The number of nitrogens with one attached hydrogen (secondary N) is 1. The summed E-state index contributed by atoms with van der Waals surface area (Å²) in [5.74, 6) is 0.155. The van der Waals surface area contributed by atoms with Crippen molar-refractivity contribution in [2.24, 2.45) is 0 Å². The number of amides is 1. The summed E-state index contributed by atoms with van der Waals surface area (Å²) in [4.78, 5) is 16.5. The molecule has 0 bridgehead atoms. The summed E-state index contributed by atoms with van der Waals surface area (Å²) in [6, 6.07) is 1.02. The van der Waals surface area contributed by atoms with Gasteiger partial charge in [-0.05, 0) is 32.6 Å². The molecule has 0 saturated heterocycles. The number of rotatable bonds is 5. The molecule has 1 amide bonds. The molecular formula is C14H21N3OS. The number of imidazole rings is 1. The molecule has 2 aliphatic carbocycles. The molecule has 0 aromatic carbocycles. The summed E-state index contributed by atoms with van der Waals surface area (Å²) >= 11 is 1.58. The Morgan fingerprint density at radius 3 is 2.84 bits per heavy atom. The Labute approximate surface area is 118 Å². The molecule has 19 heavy (non-hydrogen) atoms. The van der Waals surface area contributed by atoms with Crippen molar-refractivity contribution in [2.45, 2.75) is 67.9 Å². The van der Waals surface area contributed by atoms with Gasteiger partial charge in [-0.3, -0.25) is 4.79 Å². The van der Waals surface area contributed by atoms with Gasteiger partial charge in [-0.1, -0.05) is 24.6 Å². The Balaban J connectivity index is 1.55. The van der Waals surface area contributed by atoms with Crippen molar-refractivity contribution < 1.29 is 4.79 Å². The third-order valence-corrected chi connectivity index (χ3v) is 5.02. The van der Waals surface area contributed by atoms with Crippen LogP contribution in [-0.4, -0.2) is 26.8 Å². The van der Waals surface area contributed by atoms with E-state index < -0.39 is 0 Å². The van der Waals surface area contributed by atoms with Crippen LogP contribution in [0.5, 0.6) is 0 Å². The van der Waals surface area contributed by atoms with E-state index in [0.29, 0.717) is 12.1 Å². The maximum absolute atomic E-state index is 12.2. The van der Waals surface area contributed by atoms with E-state index in [9.17, 15) is 4.79 Å². The van der Waals surface area contributed by atoms with Gasteiger partial charge in [0.15, 0.2) is 5.16 Å². The molecule has 104 valence electrons. The molecule has 2 fully saturated rings. The van der Waals surface area contributed by atoms with Crippen LogP contribution < -0.4 is 5.32 Å². The van der Waals surface area contributed by atoms with Crippen molar-refractivity contribution >= 4 is 17.7 Å². The van der Waals surface area contributed by atoms with Crippen molar-refractivity contribution in [3.8, 4) is 0 Å². The largest absolute Gasteiger partial charge is 0.352 e. The second-order valence-corrected chi connectivity index (χ2v) is 6.91. The van der Waals surface area contributed by atoms with Crippen LogP contribution in [0.1, 0.15) is 51.5 Å². The molecule has 1 N–H and O–H groups in total. The first kappa shape index (κ1) is 13.0. The van der Waals surface area contributed by atoms with Gasteiger partial charge < -0.3 is 9.88 Å². The fourth-order valence-electron chi connectivity index (χ4n) is 2.62. The molecule has 0 radical (unpaired) electrons. The van der Waals surface area contributed by atoms with E-state index in [1.54, 1.807) is 11.8 Å². The average molecular weight is 279 g/mol. The molecule has 1 unspecified atom stereocenters. The van der Waals surface area contributed by atoms with Gasteiger partial charge in [0.25, 0.3) is 0 Å². The van der Waals surface area contributed by atoms with E-state index in [0.717, 1.165) is 18.0 Å². The van der Waals surface area contributed by atoms with E-state index in [1.165, 1.54) is 25.7 Å². The van der Waals surface area contributed by atoms with Gasteiger partial charge >= 0.3 is 0 Å². The molecule has 2 saturated carbocycles. The van der Waals surface area contributed by atoms with Crippen molar-refractivity contribution in [3.05, 3.63) is 12.4 Å². The van der Waals surface area contributed by atoms with Crippen LogP contribution in [0.15, 0.2) is 17.6 Å². The second-order valence-electron chi connectivity index (χ2n) is 5.60. The predicted molar refractivity (Wildman–Crippen MR) is 76.2 cm³/mol. The molecule has 1 aromatic rings. The highest BCUT2D eigenvalue weighted by Gasteiger charge is 2.28. The van der Waals surface area contributed by atoms with Crippen molar-refractivity contribution in [1.29, 1.82) is 0 Å². The molecule has 0 aliphatic heterocycles. The van der Waals surface area contributed by atoms with Crippen LogP contribution in [0.3, 0.4) is 0 Å². The molecule has 2 aliphatic rings. The smallest absolute Gasteiger partial charge is 0.233 e. The Morgan fingerprint density at radius 2 is 2.16 bits per heavy atom. The quantitative estimate of drug-likeness (QED) is 0.843. The summed E-state index contributed by atoms with van der Waals surface area (Å²) < 4.78 is 2.21. The average Bonchev–Trinajstić information content (AvgIpc) is 2.92. The molecule has 0 spiro atoms. The van der Waals surface area contributed by atoms with E-state index >= 15 is 0 Å². The van der Waals surface area contributed by atoms with Crippen molar-refractivity contribution in [2.75, 3.05) is 0 Å². The maximum atomic E-state index is 12.2. The fraction of sp³-hybridized carbons (Fsp3) is 0.714. The highest BCUT2D eigenvalue weighted by atomic mass is 32.2. The van der Waals surface area contributed by atoms with E-state index in [4.69, 9.17) is 0 Å². The lowest BCUT2D eigenvalue weighted by Gasteiger charge is -2.16. The van der Waals surface area contributed by atoms with Gasteiger partial charge in [-0.15, -0.1) is 0 Å². The summed E-state index contributed by atoms with van der Waals surface area (Å²) in [5, 5.41) is 4.07. The minimum atomic E-state index is -0.0690. The molecular weight excluding hydrogens is 258 g/mol. The molecule has 4 nitrogen and oxygen atoms in total. The van der Waals surface area contributed by atoms with Crippen LogP contribution in [-0.2, 0) is 4.79 Å². The lowest BCUT2D eigenvalue weighted by atomic mass is 10.2. The number of thioether (sulfide) groups is 1. The van der Waals surface area contributed by atoms with Crippen LogP contribution >= 0.6 is 11.8 Å². The van der Waals surface area contributed by atoms with Crippen molar-refractivity contribution in [1.82, 2.24) is 14.9 Å². The minimum Gasteiger partial charge on any atom is -0.352 e. The first-order valence-electron chi connectivity index (χ1n) is 7.24. The van der Waals surface area contributed by atoms with Crippen LogP contribution in [0.4, 0.5) is 0 Å². The first-order valence-corrected chi connectivity index (χ1v) is 8.12. The molecule has 5 heteroatoms. The Bertz CT molecular complexity index is 449. The number of carbonyl (C=O) groups excluding carboxylic acids is 1. The molecule has 1 aromatic heterocycles. The van der Waals surface area contributed by atoms with Gasteiger partial charge in [-0.2, -0.15) is 0 Å².